The van der Waals surface area contributed by atoms with E-state index >= 15 is 0 Å². The second-order valence-electron chi connectivity index (χ2n) is 6.63. The highest BCUT2D eigenvalue weighted by molar-refractivity contribution is 7.89. The molecule has 0 spiro atoms. The molecule has 7 nitrogen and oxygen atoms in total. The first-order chi connectivity index (χ1) is 13.3. The fourth-order valence-corrected chi connectivity index (χ4v) is 3.57. The van der Waals surface area contributed by atoms with E-state index in [9.17, 15) is 13.2 Å². The van der Waals surface area contributed by atoms with Crippen LogP contribution in [0.4, 0.5) is 5.69 Å². The maximum absolute atomic E-state index is 12.6. The molecule has 0 bridgehead atoms. The van der Waals surface area contributed by atoms with Crippen LogP contribution in [0.15, 0.2) is 65.8 Å². The van der Waals surface area contributed by atoms with E-state index in [0.29, 0.717) is 17.8 Å². The summed E-state index contributed by atoms with van der Waals surface area (Å²) < 4.78 is 27.5. The number of nitrogens with one attached hydrogen (secondary N) is 1. The molecule has 0 aliphatic carbocycles. The lowest BCUT2D eigenvalue weighted by molar-refractivity contribution is 0.102. The summed E-state index contributed by atoms with van der Waals surface area (Å²) in [6.45, 7) is 2.37. The third-order valence-electron chi connectivity index (χ3n) is 4.32. The normalized spacial score (nSPS) is 11.6. The number of nitrogens with zero attached hydrogens (tertiary/aromatic N) is 3. The van der Waals surface area contributed by atoms with Crippen molar-refractivity contribution in [1.82, 2.24) is 14.1 Å². The van der Waals surface area contributed by atoms with Gasteiger partial charge in [-0.3, -0.25) is 9.48 Å². The van der Waals surface area contributed by atoms with E-state index in [-0.39, 0.29) is 10.8 Å². The van der Waals surface area contributed by atoms with Crippen LogP contribution in [0.2, 0.25) is 0 Å². The maximum atomic E-state index is 12.6. The number of benzene rings is 2. The van der Waals surface area contributed by atoms with Crippen molar-refractivity contribution in [2.75, 3.05) is 19.4 Å². The lowest BCUT2D eigenvalue weighted by atomic mass is 10.2. The summed E-state index contributed by atoms with van der Waals surface area (Å²) in [6.07, 6.45) is 3.16. The molecule has 3 aromatic rings. The molecule has 28 heavy (non-hydrogen) atoms. The first kappa shape index (κ1) is 19.8. The Morgan fingerprint density at radius 1 is 1.14 bits per heavy atom. The Bertz CT molecular complexity index is 1090. The van der Waals surface area contributed by atoms with Crippen LogP contribution in [0.1, 0.15) is 21.5 Å². The molecule has 0 saturated heterocycles. The summed E-state index contributed by atoms with van der Waals surface area (Å²) in [5.41, 5.74) is 2.69. The van der Waals surface area contributed by atoms with Gasteiger partial charge in [-0.25, -0.2) is 12.7 Å². The summed E-state index contributed by atoms with van der Waals surface area (Å²) in [5.74, 6) is -0.346. The van der Waals surface area contributed by atoms with Crippen LogP contribution in [0, 0.1) is 6.92 Å². The molecular weight excluding hydrogens is 376 g/mol. The zero-order chi connectivity index (χ0) is 20.3. The zero-order valence-corrected chi connectivity index (χ0v) is 16.8. The van der Waals surface area contributed by atoms with Crippen molar-refractivity contribution >= 4 is 21.6 Å². The van der Waals surface area contributed by atoms with Crippen molar-refractivity contribution in [3.8, 4) is 0 Å². The van der Waals surface area contributed by atoms with Gasteiger partial charge in [-0.05, 0) is 30.2 Å². The predicted molar refractivity (Wildman–Crippen MR) is 108 cm³/mol. The molecule has 0 radical (unpaired) electrons. The van der Waals surface area contributed by atoms with Gasteiger partial charge in [-0.15, -0.1) is 0 Å². The fraction of sp³-hybridized carbons (Fsp3) is 0.200. The minimum absolute atomic E-state index is 0.123. The lowest BCUT2D eigenvalue weighted by Gasteiger charge is -2.14. The molecule has 1 aromatic heterocycles. The molecule has 0 unspecified atom stereocenters. The number of aromatic nitrogens is 2. The Hall–Kier alpha value is -2.97. The molecule has 1 amide bonds. The van der Waals surface area contributed by atoms with Crippen LogP contribution < -0.4 is 5.32 Å². The van der Waals surface area contributed by atoms with Crippen LogP contribution in [0.5, 0.6) is 0 Å². The number of carbonyl (C=O) groups is 1. The standard InChI is InChI=1S/C20H22N4O3S/c1-15-9-10-18(28(26,27)23(2)3)11-19(15)22-20(25)17-12-21-24(14-17)13-16-7-5-4-6-8-16/h4-12,14H,13H2,1-3H3,(H,22,25). The van der Waals surface area contributed by atoms with Gasteiger partial charge in [0.05, 0.1) is 23.2 Å². The summed E-state index contributed by atoms with van der Waals surface area (Å²) in [5, 5.41) is 7.01. The summed E-state index contributed by atoms with van der Waals surface area (Å²) in [6, 6.07) is 14.5. The van der Waals surface area contributed by atoms with E-state index in [1.807, 2.05) is 30.3 Å². The molecule has 1 N–H and O–H groups in total. The van der Waals surface area contributed by atoms with Gasteiger partial charge >= 0.3 is 0 Å². The van der Waals surface area contributed by atoms with Crippen LogP contribution >= 0.6 is 0 Å². The third-order valence-corrected chi connectivity index (χ3v) is 6.13. The van der Waals surface area contributed by atoms with Gasteiger partial charge in [-0.2, -0.15) is 5.10 Å². The number of rotatable bonds is 6. The molecule has 0 atom stereocenters. The van der Waals surface area contributed by atoms with Crippen molar-refractivity contribution in [3.05, 3.63) is 77.6 Å². The Labute approximate surface area is 164 Å². The molecule has 0 fully saturated rings. The molecule has 0 aliphatic heterocycles. The zero-order valence-electron chi connectivity index (χ0n) is 16.0. The van der Waals surface area contributed by atoms with Gasteiger partial charge in [0, 0.05) is 26.0 Å². The highest BCUT2D eigenvalue weighted by Gasteiger charge is 2.19. The van der Waals surface area contributed by atoms with E-state index in [0.717, 1.165) is 15.4 Å². The first-order valence-electron chi connectivity index (χ1n) is 8.68. The van der Waals surface area contributed by atoms with Gasteiger partial charge in [0.2, 0.25) is 10.0 Å². The number of hydrogen-bond acceptors (Lipinski definition) is 4. The van der Waals surface area contributed by atoms with Gasteiger partial charge in [-0.1, -0.05) is 36.4 Å². The molecule has 146 valence electrons. The number of hydrogen-bond donors (Lipinski definition) is 1. The lowest BCUT2D eigenvalue weighted by Crippen LogP contribution is -2.22. The van der Waals surface area contributed by atoms with E-state index in [1.54, 1.807) is 23.9 Å². The number of amides is 1. The van der Waals surface area contributed by atoms with E-state index in [4.69, 9.17) is 0 Å². The summed E-state index contributed by atoms with van der Waals surface area (Å²) >= 11 is 0. The Kier molecular flexibility index (Phi) is 5.62. The topological polar surface area (TPSA) is 84.3 Å². The maximum Gasteiger partial charge on any atom is 0.258 e. The number of anilines is 1. The second kappa shape index (κ2) is 7.95. The fourth-order valence-electron chi connectivity index (χ4n) is 2.64. The molecular formula is C20H22N4O3S. The largest absolute Gasteiger partial charge is 0.322 e. The highest BCUT2D eigenvalue weighted by Crippen LogP contribution is 2.22. The first-order valence-corrected chi connectivity index (χ1v) is 10.1. The average Bonchev–Trinajstić information content (AvgIpc) is 3.12. The van der Waals surface area contributed by atoms with Crippen molar-refractivity contribution in [1.29, 1.82) is 0 Å². The van der Waals surface area contributed by atoms with Gasteiger partial charge in [0.25, 0.3) is 5.91 Å². The molecule has 2 aromatic carbocycles. The van der Waals surface area contributed by atoms with Crippen molar-refractivity contribution in [3.63, 3.8) is 0 Å². The molecule has 0 saturated carbocycles. The quantitative estimate of drug-likeness (QED) is 0.692. The van der Waals surface area contributed by atoms with Gasteiger partial charge in [0.15, 0.2) is 0 Å². The minimum atomic E-state index is -3.58. The van der Waals surface area contributed by atoms with Crippen molar-refractivity contribution in [2.45, 2.75) is 18.4 Å². The van der Waals surface area contributed by atoms with Gasteiger partial charge < -0.3 is 5.32 Å². The number of aryl methyl sites for hydroxylation is 1. The second-order valence-corrected chi connectivity index (χ2v) is 8.78. The van der Waals surface area contributed by atoms with Crippen molar-refractivity contribution < 1.29 is 13.2 Å². The number of carbonyl (C=O) groups excluding carboxylic acids is 1. The predicted octanol–water partition coefficient (Wildman–Crippen LogP) is 2.74. The Balaban J connectivity index is 1.78. The Morgan fingerprint density at radius 3 is 2.54 bits per heavy atom. The smallest absolute Gasteiger partial charge is 0.258 e. The van der Waals surface area contributed by atoms with Crippen LogP contribution in [-0.2, 0) is 16.6 Å². The SMILES string of the molecule is Cc1ccc(S(=O)(=O)N(C)C)cc1NC(=O)c1cnn(Cc2ccccc2)c1. The summed E-state index contributed by atoms with van der Waals surface area (Å²) in [4.78, 5) is 12.7. The molecule has 3 rings (SSSR count). The minimum Gasteiger partial charge on any atom is -0.322 e. The van der Waals surface area contributed by atoms with E-state index in [2.05, 4.69) is 10.4 Å². The van der Waals surface area contributed by atoms with E-state index in [1.165, 1.54) is 32.4 Å². The average molecular weight is 398 g/mol. The monoisotopic (exact) mass is 398 g/mol. The van der Waals surface area contributed by atoms with Crippen LogP contribution in [0.25, 0.3) is 0 Å². The van der Waals surface area contributed by atoms with E-state index < -0.39 is 10.0 Å². The molecule has 1 heterocycles. The number of sulfonamides is 1. The highest BCUT2D eigenvalue weighted by atomic mass is 32.2. The van der Waals surface area contributed by atoms with Crippen molar-refractivity contribution in [2.24, 2.45) is 0 Å². The molecule has 0 aliphatic rings. The summed E-state index contributed by atoms with van der Waals surface area (Å²) in [7, 11) is -0.648. The van der Waals surface area contributed by atoms with Gasteiger partial charge in [0.1, 0.15) is 0 Å². The Morgan fingerprint density at radius 2 is 1.86 bits per heavy atom. The van der Waals surface area contributed by atoms with Crippen LogP contribution in [-0.4, -0.2) is 42.5 Å². The van der Waals surface area contributed by atoms with Crippen LogP contribution in [0.3, 0.4) is 0 Å². The molecule has 8 heteroatoms. The third kappa shape index (κ3) is 4.29.